The maximum atomic E-state index is 13.2. The Morgan fingerprint density at radius 2 is 1.69 bits per heavy atom. The summed E-state index contributed by atoms with van der Waals surface area (Å²) in [5.41, 5.74) is 3.24. The lowest BCUT2D eigenvalue weighted by molar-refractivity contribution is 0.0949. The van der Waals surface area contributed by atoms with Gasteiger partial charge >= 0.3 is 0 Å². The Morgan fingerprint density at radius 3 is 2.38 bits per heavy atom. The van der Waals surface area contributed by atoms with Gasteiger partial charge in [0.1, 0.15) is 0 Å². The molecule has 1 amide bonds. The number of nitrogens with two attached hydrogens (primary N) is 1. The third-order valence-corrected chi connectivity index (χ3v) is 6.95. The third-order valence-electron chi connectivity index (χ3n) is 6.04. The molecule has 9 heteroatoms. The molecule has 8 nitrogen and oxygen atoms in total. The lowest BCUT2D eigenvalue weighted by Crippen LogP contribution is -2.38. The lowest BCUT2D eigenvalue weighted by atomic mass is 10.1. The second-order valence-electron chi connectivity index (χ2n) is 8.26. The largest absolute Gasteiger partial charge is 0.378 e. The number of benzene rings is 2. The van der Waals surface area contributed by atoms with E-state index in [0.717, 1.165) is 25.2 Å². The van der Waals surface area contributed by atoms with Gasteiger partial charge in [-0.15, -0.1) is 0 Å². The van der Waals surface area contributed by atoms with E-state index in [4.69, 9.17) is 9.88 Å². The summed E-state index contributed by atoms with van der Waals surface area (Å²) < 4.78 is 29.2. The van der Waals surface area contributed by atoms with Crippen LogP contribution in [0.3, 0.4) is 0 Å². The Labute approximate surface area is 189 Å². The molecule has 3 N–H and O–H groups in total. The van der Waals surface area contributed by atoms with Gasteiger partial charge in [0, 0.05) is 31.9 Å². The highest BCUT2D eigenvalue weighted by molar-refractivity contribution is 7.89. The van der Waals surface area contributed by atoms with Gasteiger partial charge < -0.3 is 15.0 Å². The molecular weight excluding hydrogens is 428 g/mol. The SMILES string of the molecule is NS(=O)(=O)c1ccc(N2CCOCC2)c(C(=O)NCc2ccccc2CN2CCCC2)c1. The van der Waals surface area contributed by atoms with E-state index < -0.39 is 10.0 Å². The second-order valence-corrected chi connectivity index (χ2v) is 9.82. The molecule has 0 aromatic heterocycles. The molecule has 0 saturated carbocycles. The molecule has 0 unspecified atom stereocenters. The summed E-state index contributed by atoms with van der Waals surface area (Å²) in [5, 5.41) is 8.31. The molecule has 4 rings (SSSR count). The molecule has 0 spiro atoms. The molecule has 0 radical (unpaired) electrons. The number of nitrogens with zero attached hydrogens (tertiary/aromatic N) is 2. The number of hydrogen-bond donors (Lipinski definition) is 2. The van der Waals surface area contributed by atoms with Crippen molar-refractivity contribution in [2.75, 3.05) is 44.3 Å². The fourth-order valence-corrected chi connectivity index (χ4v) is 4.83. The van der Waals surface area contributed by atoms with Gasteiger partial charge in [0.25, 0.3) is 5.91 Å². The number of anilines is 1. The van der Waals surface area contributed by atoms with Crippen LogP contribution in [0.25, 0.3) is 0 Å². The zero-order chi connectivity index (χ0) is 22.6. The van der Waals surface area contributed by atoms with Gasteiger partial charge in [-0.1, -0.05) is 24.3 Å². The van der Waals surface area contributed by atoms with Crippen molar-refractivity contribution >= 4 is 21.6 Å². The van der Waals surface area contributed by atoms with Crippen LogP contribution in [0.2, 0.25) is 0 Å². The molecule has 2 heterocycles. The van der Waals surface area contributed by atoms with E-state index in [2.05, 4.69) is 16.3 Å². The molecule has 0 atom stereocenters. The first-order valence-electron chi connectivity index (χ1n) is 11.0. The Bertz CT molecular complexity index is 1060. The molecule has 2 aliphatic heterocycles. The lowest BCUT2D eigenvalue weighted by Gasteiger charge is -2.30. The van der Waals surface area contributed by atoms with Crippen LogP contribution in [0.1, 0.15) is 34.3 Å². The summed E-state index contributed by atoms with van der Waals surface area (Å²) in [6, 6.07) is 12.6. The van der Waals surface area contributed by atoms with Gasteiger partial charge in [0.15, 0.2) is 0 Å². The number of sulfonamides is 1. The van der Waals surface area contributed by atoms with Crippen molar-refractivity contribution in [3.05, 3.63) is 59.2 Å². The first kappa shape index (κ1) is 22.7. The molecule has 2 saturated heterocycles. The van der Waals surface area contributed by atoms with Crippen molar-refractivity contribution in [1.29, 1.82) is 0 Å². The number of morpholine rings is 1. The summed E-state index contributed by atoms with van der Waals surface area (Å²) in [7, 11) is -3.92. The Kier molecular flexibility index (Phi) is 7.10. The molecule has 172 valence electrons. The maximum Gasteiger partial charge on any atom is 0.253 e. The van der Waals surface area contributed by atoms with E-state index in [0.29, 0.717) is 44.1 Å². The predicted octanol–water partition coefficient (Wildman–Crippen LogP) is 1.70. The minimum atomic E-state index is -3.92. The second kappa shape index (κ2) is 9.99. The number of nitrogens with one attached hydrogen (secondary N) is 1. The number of hydrogen-bond acceptors (Lipinski definition) is 6. The summed E-state index contributed by atoms with van der Waals surface area (Å²) >= 11 is 0. The van der Waals surface area contributed by atoms with Crippen LogP contribution in [0.15, 0.2) is 47.4 Å². The van der Waals surface area contributed by atoms with Crippen molar-refractivity contribution in [3.63, 3.8) is 0 Å². The number of ether oxygens (including phenoxy) is 1. The van der Waals surface area contributed by atoms with Crippen molar-refractivity contribution < 1.29 is 17.9 Å². The standard InChI is InChI=1S/C23H30N4O4S/c24-32(29,30)20-7-8-22(27-11-13-31-14-12-27)21(15-20)23(28)25-16-18-5-1-2-6-19(18)17-26-9-3-4-10-26/h1-2,5-8,15H,3-4,9-14,16-17H2,(H,25,28)(H2,24,29,30). The Hall–Kier alpha value is -2.46. The normalized spacial score (nSPS) is 17.5. The molecule has 2 fully saturated rings. The monoisotopic (exact) mass is 458 g/mol. The molecular formula is C23H30N4O4S. The highest BCUT2D eigenvalue weighted by atomic mass is 32.2. The van der Waals surface area contributed by atoms with Gasteiger partial charge in [0.2, 0.25) is 10.0 Å². The van der Waals surface area contributed by atoms with E-state index in [1.807, 2.05) is 23.1 Å². The Morgan fingerprint density at radius 1 is 1.00 bits per heavy atom. The van der Waals surface area contributed by atoms with Crippen LogP contribution in [-0.2, 0) is 27.8 Å². The molecule has 0 aliphatic carbocycles. The third kappa shape index (κ3) is 5.47. The predicted molar refractivity (Wildman–Crippen MR) is 123 cm³/mol. The first-order valence-corrected chi connectivity index (χ1v) is 12.5. The molecule has 0 bridgehead atoms. The highest BCUT2D eigenvalue weighted by Crippen LogP contribution is 2.25. The van der Waals surface area contributed by atoms with Crippen LogP contribution in [-0.4, -0.2) is 58.6 Å². The quantitative estimate of drug-likeness (QED) is 0.654. The summed E-state index contributed by atoms with van der Waals surface area (Å²) in [6.45, 7) is 5.82. The van der Waals surface area contributed by atoms with Crippen molar-refractivity contribution in [3.8, 4) is 0 Å². The minimum Gasteiger partial charge on any atom is -0.378 e. The zero-order valence-corrected chi connectivity index (χ0v) is 18.9. The van der Waals surface area contributed by atoms with Crippen LogP contribution in [0.4, 0.5) is 5.69 Å². The van der Waals surface area contributed by atoms with Gasteiger partial charge in [-0.25, -0.2) is 13.6 Å². The first-order chi connectivity index (χ1) is 15.4. The smallest absolute Gasteiger partial charge is 0.253 e. The van der Waals surface area contributed by atoms with E-state index in [1.54, 1.807) is 6.07 Å². The number of carbonyl (C=O) groups excluding carboxylic acids is 1. The van der Waals surface area contributed by atoms with Gasteiger partial charge in [-0.2, -0.15) is 0 Å². The van der Waals surface area contributed by atoms with Gasteiger partial charge in [-0.05, 0) is 55.3 Å². The molecule has 2 aliphatic rings. The van der Waals surface area contributed by atoms with Crippen molar-refractivity contribution in [2.45, 2.75) is 30.8 Å². The summed E-state index contributed by atoms with van der Waals surface area (Å²) in [5.74, 6) is -0.326. The number of primary sulfonamides is 1. The van der Waals surface area contributed by atoms with Crippen LogP contribution >= 0.6 is 0 Å². The van der Waals surface area contributed by atoms with Crippen LogP contribution in [0.5, 0.6) is 0 Å². The van der Waals surface area contributed by atoms with E-state index in [-0.39, 0.29) is 10.8 Å². The zero-order valence-electron chi connectivity index (χ0n) is 18.1. The number of amides is 1. The van der Waals surface area contributed by atoms with Crippen LogP contribution in [0, 0.1) is 0 Å². The topological polar surface area (TPSA) is 105 Å². The maximum absolute atomic E-state index is 13.2. The van der Waals surface area contributed by atoms with E-state index in [9.17, 15) is 13.2 Å². The van der Waals surface area contributed by atoms with Crippen LogP contribution < -0.4 is 15.4 Å². The van der Waals surface area contributed by atoms with Gasteiger partial charge in [0.05, 0.1) is 23.7 Å². The van der Waals surface area contributed by atoms with Crippen molar-refractivity contribution in [2.24, 2.45) is 5.14 Å². The Balaban J connectivity index is 1.55. The molecule has 32 heavy (non-hydrogen) atoms. The van der Waals surface area contributed by atoms with Crippen molar-refractivity contribution in [1.82, 2.24) is 10.2 Å². The molecule has 2 aromatic rings. The number of rotatable bonds is 7. The fourth-order valence-electron chi connectivity index (χ4n) is 4.29. The summed E-state index contributed by atoms with van der Waals surface area (Å²) in [4.78, 5) is 17.6. The number of likely N-dealkylation sites (tertiary alicyclic amines) is 1. The van der Waals surface area contributed by atoms with E-state index in [1.165, 1.54) is 30.5 Å². The fraction of sp³-hybridized carbons (Fsp3) is 0.435. The van der Waals surface area contributed by atoms with Gasteiger partial charge in [-0.3, -0.25) is 9.69 Å². The minimum absolute atomic E-state index is 0.0749. The average molecular weight is 459 g/mol. The molecule has 2 aromatic carbocycles. The number of carbonyl (C=O) groups is 1. The average Bonchev–Trinajstić information content (AvgIpc) is 3.31. The summed E-state index contributed by atoms with van der Waals surface area (Å²) in [6.07, 6.45) is 2.45. The highest BCUT2D eigenvalue weighted by Gasteiger charge is 2.22. The van der Waals surface area contributed by atoms with E-state index >= 15 is 0 Å².